The third-order valence-electron chi connectivity index (χ3n) is 4.69. The molecule has 1 amide bonds. The van der Waals surface area contributed by atoms with E-state index in [4.69, 9.17) is 9.26 Å². The van der Waals surface area contributed by atoms with Gasteiger partial charge in [0.2, 0.25) is 17.6 Å². The van der Waals surface area contributed by atoms with Crippen molar-refractivity contribution in [2.75, 3.05) is 19.0 Å². The van der Waals surface area contributed by atoms with E-state index in [9.17, 15) is 4.79 Å². The molecule has 1 aromatic carbocycles. The van der Waals surface area contributed by atoms with Crippen molar-refractivity contribution in [3.8, 4) is 11.4 Å². The lowest BCUT2D eigenvalue weighted by Gasteiger charge is -2.23. The van der Waals surface area contributed by atoms with Gasteiger partial charge in [0.25, 0.3) is 0 Å². The fourth-order valence-electron chi connectivity index (χ4n) is 3.38. The van der Waals surface area contributed by atoms with E-state index in [1.54, 1.807) is 7.11 Å². The Morgan fingerprint density at radius 3 is 2.62 bits per heavy atom. The third-order valence-corrected chi connectivity index (χ3v) is 4.69. The minimum absolute atomic E-state index is 0.0443. The van der Waals surface area contributed by atoms with Gasteiger partial charge in [-0.2, -0.15) is 4.98 Å². The molecule has 6 nitrogen and oxygen atoms in total. The number of hydrogen-bond acceptors (Lipinski definition) is 5. The first kappa shape index (κ1) is 16.6. The molecule has 0 bridgehead atoms. The fourth-order valence-corrected chi connectivity index (χ4v) is 3.38. The molecule has 3 rings (SSSR count). The number of aromatic nitrogens is 2. The Morgan fingerprint density at radius 1 is 1.29 bits per heavy atom. The average molecular weight is 329 g/mol. The van der Waals surface area contributed by atoms with Crippen LogP contribution in [0.25, 0.3) is 11.4 Å². The lowest BCUT2D eigenvalue weighted by molar-refractivity contribution is -0.114. The van der Waals surface area contributed by atoms with Crippen molar-refractivity contribution in [2.45, 2.75) is 44.4 Å². The van der Waals surface area contributed by atoms with Crippen molar-refractivity contribution >= 4 is 11.6 Å². The van der Waals surface area contributed by atoms with Crippen LogP contribution in [0.4, 0.5) is 5.69 Å². The van der Waals surface area contributed by atoms with Gasteiger partial charge >= 0.3 is 0 Å². The number of carbonyl (C=O) groups excluding carboxylic acids is 1. The van der Waals surface area contributed by atoms with E-state index < -0.39 is 0 Å². The smallest absolute Gasteiger partial charge is 0.233 e. The van der Waals surface area contributed by atoms with E-state index in [1.165, 1.54) is 19.8 Å². The lowest BCUT2D eigenvalue weighted by Crippen LogP contribution is -2.24. The minimum Gasteiger partial charge on any atom is -0.385 e. The van der Waals surface area contributed by atoms with E-state index in [0.717, 1.165) is 36.4 Å². The number of amides is 1. The Morgan fingerprint density at radius 2 is 2.00 bits per heavy atom. The summed E-state index contributed by atoms with van der Waals surface area (Å²) in [5.41, 5.74) is 1.58. The molecule has 24 heavy (non-hydrogen) atoms. The molecule has 1 heterocycles. The lowest BCUT2D eigenvalue weighted by atomic mass is 9.83. The SMILES string of the molecule is COCCC1(c2nc(-c3ccc(NC(C)=O)cc3)no2)CCCC1. The molecule has 0 saturated heterocycles. The Bertz CT molecular complexity index is 688. The number of anilines is 1. The maximum atomic E-state index is 11.1. The molecule has 0 radical (unpaired) electrons. The fraction of sp³-hybridized carbons (Fsp3) is 0.500. The second-order valence-electron chi connectivity index (χ2n) is 6.41. The van der Waals surface area contributed by atoms with E-state index in [0.29, 0.717) is 12.4 Å². The van der Waals surface area contributed by atoms with Crippen LogP contribution >= 0.6 is 0 Å². The maximum Gasteiger partial charge on any atom is 0.233 e. The molecule has 1 N–H and O–H groups in total. The van der Waals surface area contributed by atoms with Crippen molar-refractivity contribution in [3.05, 3.63) is 30.2 Å². The highest BCUT2D eigenvalue weighted by Gasteiger charge is 2.40. The van der Waals surface area contributed by atoms with Crippen LogP contribution in [0, 0.1) is 0 Å². The van der Waals surface area contributed by atoms with Crippen LogP contribution in [-0.2, 0) is 14.9 Å². The van der Waals surface area contributed by atoms with Crippen LogP contribution in [0.15, 0.2) is 28.8 Å². The summed E-state index contributed by atoms with van der Waals surface area (Å²) < 4.78 is 10.9. The predicted molar refractivity (Wildman–Crippen MR) is 90.7 cm³/mol. The number of rotatable bonds is 6. The van der Waals surface area contributed by atoms with Gasteiger partial charge in [0.05, 0.1) is 5.41 Å². The van der Waals surface area contributed by atoms with Crippen molar-refractivity contribution in [3.63, 3.8) is 0 Å². The molecule has 6 heteroatoms. The minimum atomic E-state index is -0.0917. The highest BCUT2D eigenvalue weighted by atomic mass is 16.5. The van der Waals surface area contributed by atoms with E-state index in [2.05, 4.69) is 15.5 Å². The van der Waals surface area contributed by atoms with Gasteiger partial charge in [-0.1, -0.05) is 18.0 Å². The van der Waals surface area contributed by atoms with Crippen molar-refractivity contribution in [1.29, 1.82) is 0 Å². The predicted octanol–water partition coefficient (Wildman–Crippen LogP) is 3.54. The van der Waals surface area contributed by atoms with Crippen molar-refractivity contribution in [2.24, 2.45) is 0 Å². The summed E-state index contributed by atoms with van der Waals surface area (Å²) in [5.74, 6) is 1.21. The average Bonchev–Trinajstić information content (AvgIpc) is 3.23. The molecule has 2 aromatic rings. The quantitative estimate of drug-likeness (QED) is 0.877. The zero-order chi connectivity index (χ0) is 17.0. The Labute approximate surface area is 141 Å². The van der Waals surface area contributed by atoms with Gasteiger partial charge in [-0.05, 0) is 43.5 Å². The Kier molecular flexibility index (Phi) is 4.94. The zero-order valence-electron chi connectivity index (χ0n) is 14.2. The summed E-state index contributed by atoms with van der Waals surface area (Å²) in [5, 5.41) is 6.91. The zero-order valence-corrected chi connectivity index (χ0v) is 14.2. The molecule has 0 atom stereocenters. The third kappa shape index (κ3) is 3.48. The maximum absolute atomic E-state index is 11.1. The van der Waals surface area contributed by atoms with Gasteiger partial charge < -0.3 is 14.6 Å². The second-order valence-corrected chi connectivity index (χ2v) is 6.41. The number of hydrogen-bond donors (Lipinski definition) is 1. The summed E-state index contributed by atoms with van der Waals surface area (Å²) in [6.45, 7) is 2.18. The summed E-state index contributed by atoms with van der Waals surface area (Å²) in [6.07, 6.45) is 5.42. The number of benzene rings is 1. The van der Waals surface area contributed by atoms with Crippen molar-refractivity contribution < 1.29 is 14.1 Å². The first-order chi connectivity index (χ1) is 11.6. The molecule has 1 saturated carbocycles. The molecule has 1 fully saturated rings. The van der Waals surface area contributed by atoms with Crippen LogP contribution in [-0.4, -0.2) is 29.8 Å². The molecule has 0 spiro atoms. The van der Waals surface area contributed by atoms with Crippen LogP contribution in [0.5, 0.6) is 0 Å². The molecule has 1 aliphatic rings. The molecule has 128 valence electrons. The molecule has 1 aromatic heterocycles. The highest BCUT2D eigenvalue weighted by Crippen LogP contribution is 2.43. The monoisotopic (exact) mass is 329 g/mol. The Hall–Kier alpha value is -2.21. The van der Waals surface area contributed by atoms with E-state index in [-0.39, 0.29) is 11.3 Å². The van der Waals surface area contributed by atoms with E-state index >= 15 is 0 Å². The molecule has 1 aliphatic carbocycles. The number of methoxy groups -OCH3 is 1. The topological polar surface area (TPSA) is 77.2 Å². The summed E-state index contributed by atoms with van der Waals surface area (Å²) in [4.78, 5) is 15.7. The number of carbonyl (C=O) groups is 1. The largest absolute Gasteiger partial charge is 0.385 e. The molecule has 0 aliphatic heterocycles. The second kappa shape index (κ2) is 7.13. The van der Waals surface area contributed by atoms with Gasteiger partial charge in [-0.15, -0.1) is 0 Å². The van der Waals surface area contributed by atoms with Gasteiger partial charge in [0, 0.05) is 31.9 Å². The van der Waals surface area contributed by atoms with Crippen LogP contribution in [0.1, 0.15) is 44.9 Å². The van der Waals surface area contributed by atoms with Gasteiger partial charge in [-0.3, -0.25) is 4.79 Å². The molecular weight excluding hydrogens is 306 g/mol. The van der Waals surface area contributed by atoms with Gasteiger partial charge in [0.15, 0.2) is 0 Å². The van der Waals surface area contributed by atoms with Crippen LogP contribution in [0.3, 0.4) is 0 Å². The summed E-state index contributed by atoms with van der Waals surface area (Å²) in [6, 6.07) is 7.44. The van der Waals surface area contributed by atoms with Crippen molar-refractivity contribution in [1.82, 2.24) is 10.1 Å². The first-order valence-electron chi connectivity index (χ1n) is 8.34. The molecule has 0 unspecified atom stereocenters. The standard InChI is InChI=1S/C18H23N3O3/c1-13(22)19-15-7-5-14(6-8-15)16-20-17(24-21-16)18(11-12-23-2)9-3-4-10-18/h5-8H,3-4,9-12H2,1-2H3,(H,19,22). The number of ether oxygens (including phenoxy) is 1. The van der Waals surface area contributed by atoms with Crippen LogP contribution < -0.4 is 5.32 Å². The first-order valence-corrected chi connectivity index (χ1v) is 8.34. The van der Waals surface area contributed by atoms with E-state index in [1.807, 2.05) is 24.3 Å². The van der Waals surface area contributed by atoms with Crippen LogP contribution in [0.2, 0.25) is 0 Å². The highest BCUT2D eigenvalue weighted by molar-refractivity contribution is 5.88. The Balaban J connectivity index is 1.80. The normalized spacial score (nSPS) is 16.2. The van der Waals surface area contributed by atoms with Gasteiger partial charge in [-0.25, -0.2) is 0 Å². The molecular formula is C18H23N3O3. The summed E-state index contributed by atoms with van der Waals surface area (Å²) >= 11 is 0. The van der Waals surface area contributed by atoms with Gasteiger partial charge in [0.1, 0.15) is 0 Å². The summed E-state index contributed by atoms with van der Waals surface area (Å²) in [7, 11) is 1.72. The number of nitrogens with one attached hydrogen (secondary N) is 1. The number of nitrogens with zero attached hydrogens (tertiary/aromatic N) is 2.